The van der Waals surface area contributed by atoms with E-state index in [1.807, 2.05) is 60.7 Å². The van der Waals surface area contributed by atoms with Crippen molar-refractivity contribution in [2.45, 2.75) is 0 Å². The molecule has 0 radical (unpaired) electrons. The summed E-state index contributed by atoms with van der Waals surface area (Å²) in [6.07, 6.45) is 3.79. The Morgan fingerprint density at radius 2 is 1.93 bits per heavy atom. The van der Waals surface area contributed by atoms with Crippen LogP contribution in [0, 0.1) is 0 Å². The molecule has 0 aromatic heterocycles. The predicted octanol–water partition coefficient (Wildman–Crippen LogP) is 2.24. The molecular weight excluding hydrogens is 406 g/mol. The standard InChI is InChI=1S/C21H21N3O5S/c25-20(22-11-12-30(26,27)28)14-24-18-7-3-4-8-19(18)29-21(24)10-9-15-13-23-17-6-2-1-5-16(15)17/h1-10,23H,11-14H2,(H,22,25)(H,26,27,28). The Morgan fingerprint density at radius 1 is 1.17 bits per heavy atom. The van der Waals surface area contributed by atoms with Crippen LogP contribution in [0.25, 0.3) is 5.57 Å². The zero-order chi connectivity index (χ0) is 21.1. The second kappa shape index (κ2) is 8.21. The smallest absolute Gasteiger partial charge is 0.266 e. The quantitative estimate of drug-likeness (QED) is 0.607. The van der Waals surface area contributed by atoms with E-state index in [9.17, 15) is 13.2 Å². The maximum Gasteiger partial charge on any atom is 0.266 e. The van der Waals surface area contributed by atoms with Gasteiger partial charge in [-0.05, 0) is 29.8 Å². The summed E-state index contributed by atoms with van der Waals surface area (Å²) in [5.41, 5.74) is 4.06. The molecule has 2 heterocycles. The van der Waals surface area contributed by atoms with Crippen LogP contribution in [0.15, 0.2) is 66.6 Å². The lowest BCUT2D eigenvalue weighted by atomic mass is 10.1. The van der Waals surface area contributed by atoms with Crippen LogP contribution < -0.4 is 20.3 Å². The molecule has 156 valence electrons. The van der Waals surface area contributed by atoms with Crippen molar-refractivity contribution in [1.82, 2.24) is 5.32 Å². The minimum Gasteiger partial charge on any atom is -0.439 e. The Hall–Kier alpha value is -3.30. The highest BCUT2D eigenvalue weighted by atomic mass is 32.2. The van der Waals surface area contributed by atoms with Crippen LogP contribution in [0.5, 0.6) is 5.75 Å². The summed E-state index contributed by atoms with van der Waals surface area (Å²) in [7, 11) is -4.13. The number of nitrogens with one attached hydrogen (secondary N) is 2. The first kappa shape index (κ1) is 20.0. The van der Waals surface area contributed by atoms with Gasteiger partial charge in [-0.2, -0.15) is 8.42 Å². The Balaban J connectivity index is 1.53. The number of anilines is 2. The van der Waals surface area contributed by atoms with Crippen LogP contribution in [-0.2, 0) is 14.9 Å². The van der Waals surface area contributed by atoms with Crippen molar-refractivity contribution in [2.75, 3.05) is 35.6 Å². The number of allylic oxidation sites excluding steroid dienone is 2. The highest BCUT2D eigenvalue weighted by molar-refractivity contribution is 7.85. The molecule has 0 atom stereocenters. The van der Waals surface area contributed by atoms with Crippen LogP contribution in [-0.4, -0.2) is 44.3 Å². The third-order valence-electron chi connectivity index (χ3n) is 4.79. The van der Waals surface area contributed by atoms with E-state index in [2.05, 4.69) is 10.6 Å². The molecular formula is C21H21N3O5S. The number of carbonyl (C=O) groups is 1. The molecule has 0 saturated carbocycles. The van der Waals surface area contributed by atoms with Gasteiger partial charge in [0.2, 0.25) is 11.8 Å². The lowest BCUT2D eigenvalue weighted by Gasteiger charge is -2.17. The molecule has 0 spiro atoms. The summed E-state index contributed by atoms with van der Waals surface area (Å²) in [5, 5.41) is 5.84. The second-order valence-corrected chi connectivity index (χ2v) is 8.46. The number of para-hydroxylation sites is 3. The first-order valence-corrected chi connectivity index (χ1v) is 11.0. The van der Waals surface area contributed by atoms with Crippen LogP contribution >= 0.6 is 0 Å². The summed E-state index contributed by atoms with van der Waals surface area (Å²) in [4.78, 5) is 14.1. The van der Waals surface area contributed by atoms with Crippen molar-refractivity contribution in [1.29, 1.82) is 0 Å². The molecule has 2 aliphatic heterocycles. The van der Waals surface area contributed by atoms with Gasteiger partial charge in [0.25, 0.3) is 10.1 Å². The number of benzene rings is 2. The maximum atomic E-state index is 12.3. The predicted molar refractivity (Wildman–Crippen MR) is 115 cm³/mol. The molecule has 4 rings (SSSR count). The van der Waals surface area contributed by atoms with Crippen molar-refractivity contribution < 1.29 is 22.5 Å². The van der Waals surface area contributed by atoms with Gasteiger partial charge in [-0.25, -0.2) is 0 Å². The van der Waals surface area contributed by atoms with Crippen LogP contribution in [0.2, 0.25) is 0 Å². The molecule has 0 fully saturated rings. The maximum absolute atomic E-state index is 12.3. The summed E-state index contributed by atoms with van der Waals surface area (Å²) in [6.45, 7) is 0.484. The molecule has 2 aliphatic rings. The average molecular weight is 427 g/mol. The SMILES string of the molecule is O=C(CN1C(=CC=C2CNc3ccccc32)Oc2ccccc21)NCCS(=O)(=O)O. The summed E-state index contributed by atoms with van der Waals surface area (Å²) in [6, 6.07) is 15.4. The Bertz CT molecular complexity index is 1140. The van der Waals surface area contributed by atoms with Gasteiger partial charge >= 0.3 is 0 Å². The monoisotopic (exact) mass is 427 g/mol. The number of amides is 1. The number of fused-ring (bicyclic) bond motifs is 2. The van der Waals surface area contributed by atoms with Crippen molar-refractivity contribution in [3.05, 3.63) is 72.1 Å². The van der Waals surface area contributed by atoms with Gasteiger partial charge in [-0.1, -0.05) is 36.4 Å². The first-order valence-electron chi connectivity index (χ1n) is 9.41. The van der Waals surface area contributed by atoms with Gasteiger partial charge in [0.15, 0.2) is 5.75 Å². The highest BCUT2D eigenvalue weighted by Crippen LogP contribution is 2.39. The number of ether oxygens (including phenoxy) is 1. The van der Waals surface area contributed by atoms with E-state index in [0.717, 1.165) is 22.5 Å². The Kier molecular flexibility index (Phi) is 5.47. The topological polar surface area (TPSA) is 108 Å². The molecule has 8 nitrogen and oxygen atoms in total. The molecule has 2 aromatic rings. The van der Waals surface area contributed by atoms with Gasteiger partial charge < -0.3 is 15.4 Å². The minimum atomic E-state index is -4.13. The molecule has 0 saturated heterocycles. The van der Waals surface area contributed by atoms with Gasteiger partial charge in [0, 0.05) is 24.3 Å². The van der Waals surface area contributed by atoms with E-state index in [1.54, 1.807) is 4.90 Å². The number of hydrogen-bond acceptors (Lipinski definition) is 6. The molecule has 0 bridgehead atoms. The van der Waals surface area contributed by atoms with Crippen LogP contribution in [0.3, 0.4) is 0 Å². The number of nitrogens with zero attached hydrogens (tertiary/aromatic N) is 1. The van der Waals surface area contributed by atoms with Crippen molar-refractivity contribution in [3.63, 3.8) is 0 Å². The second-order valence-electron chi connectivity index (χ2n) is 6.89. The van der Waals surface area contributed by atoms with E-state index < -0.39 is 15.9 Å². The molecule has 2 aromatic carbocycles. The van der Waals surface area contributed by atoms with E-state index in [0.29, 0.717) is 18.2 Å². The van der Waals surface area contributed by atoms with Crippen molar-refractivity contribution >= 4 is 33.0 Å². The molecule has 1 amide bonds. The normalized spacial score (nSPS) is 17.4. The Labute approximate surface area is 174 Å². The number of rotatable bonds is 6. The third kappa shape index (κ3) is 4.47. The Morgan fingerprint density at radius 3 is 2.77 bits per heavy atom. The molecule has 3 N–H and O–H groups in total. The minimum absolute atomic E-state index is 0.0493. The highest BCUT2D eigenvalue weighted by Gasteiger charge is 2.27. The van der Waals surface area contributed by atoms with E-state index in [4.69, 9.17) is 9.29 Å². The summed E-state index contributed by atoms with van der Waals surface area (Å²) < 4.78 is 36.4. The van der Waals surface area contributed by atoms with E-state index in [-0.39, 0.29) is 19.0 Å². The van der Waals surface area contributed by atoms with Gasteiger partial charge in [-0.3, -0.25) is 14.2 Å². The lowest BCUT2D eigenvalue weighted by Crippen LogP contribution is -2.38. The van der Waals surface area contributed by atoms with E-state index >= 15 is 0 Å². The largest absolute Gasteiger partial charge is 0.439 e. The summed E-state index contributed by atoms with van der Waals surface area (Å²) in [5.74, 6) is 0.216. The molecule has 0 unspecified atom stereocenters. The third-order valence-corrected chi connectivity index (χ3v) is 5.51. The fourth-order valence-electron chi connectivity index (χ4n) is 3.38. The van der Waals surface area contributed by atoms with Gasteiger partial charge in [0.05, 0.1) is 11.4 Å². The van der Waals surface area contributed by atoms with Gasteiger partial charge in [0.1, 0.15) is 6.54 Å². The molecule has 0 aliphatic carbocycles. The molecule has 30 heavy (non-hydrogen) atoms. The summed E-state index contributed by atoms with van der Waals surface area (Å²) >= 11 is 0. The first-order chi connectivity index (χ1) is 14.4. The zero-order valence-corrected chi connectivity index (χ0v) is 16.9. The number of hydrogen-bond donors (Lipinski definition) is 3. The van der Waals surface area contributed by atoms with Crippen molar-refractivity contribution in [3.8, 4) is 5.75 Å². The van der Waals surface area contributed by atoms with Gasteiger partial charge in [-0.15, -0.1) is 0 Å². The average Bonchev–Trinajstić information content (AvgIpc) is 3.27. The molecule has 9 heteroatoms. The van der Waals surface area contributed by atoms with E-state index in [1.165, 1.54) is 0 Å². The van der Waals surface area contributed by atoms with Crippen LogP contribution in [0.4, 0.5) is 11.4 Å². The zero-order valence-electron chi connectivity index (χ0n) is 16.0. The lowest BCUT2D eigenvalue weighted by molar-refractivity contribution is -0.119. The fraction of sp³-hybridized carbons (Fsp3) is 0.190. The fourth-order valence-corrected chi connectivity index (χ4v) is 3.74. The van der Waals surface area contributed by atoms with Crippen molar-refractivity contribution in [2.24, 2.45) is 0 Å². The number of carbonyl (C=O) groups excluding carboxylic acids is 1. The van der Waals surface area contributed by atoms with Crippen LogP contribution in [0.1, 0.15) is 5.56 Å².